The number of rotatable bonds is 7. The van der Waals surface area contributed by atoms with Crippen molar-refractivity contribution in [3.8, 4) is 0 Å². The topological polar surface area (TPSA) is 87.2 Å². The van der Waals surface area contributed by atoms with Gasteiger partial charge in [0.2, 0.25) is 11.8 Å². The van der Waals surface area contributed by atoms with Gasteiger partial charge in [-0.3, -0.25) is 9.59 Å². The second-order valence-corrected chi connectivity index (χ2v) is 9.51. The molecule has 2 amide bonds. The molecule has 31 heavy (non-hydrogen) atoms. The third kappa shape index (κ3) is 6.19. The monoisotopic (exact) mass is 439 g/mol. The number of nitrogens with zero attached hydrogens (tertiary/aromatic N) is 3. The Balaban J connectivity index is 1.27. The van der Waals surface area contributed by atoms with Crippen molar-refractivity contribution in [3.63, 3.8) is 0 Å². The molecule has 0 bridgehead atoms. The van der Waals surface area contributed by atoms with E-state index in [1.165, 1.54) is 11.8 Å². The van der Waals surface area contributed by atoms with Crippen LogP contribution in [0.15, 0.2) is 35.4 Å². The van der Waals surface area contributed by atoms with Gasteiger partial charge < -0.3 is 15.5 Å². The number of anilines is 2. The number of hydrogen-bond donors (Lipinski definition) is 2. The molecule has 4 rings (SSSR count). The van der Waals surface area contributed by atoms with E-state index < -0.39 is 0 Å². The van der Waals surface area contributed by atoms with Crippen LogP contribution in [0.4, 0.5) is 11.5 Å². The number of carbonyl (C=O) groups is 2. The van der Waals surface area contributed by atoms with E-state index in [0.717, 1.165) is 54.9 Å². The Labute approximate surface area is 187 Å². The summed E-state index contributed by atoms with van der Waals surface area (Å²) in [5.41, 5.74) is 3.05. The number of aromatic nitrogens is 2. The lowest BCUT2D eigenvalue weighted by Crippen LogP contribution is -2.44. The molecule has 2 aliphatic rings. The van der Waals surface area contributed by atoms with Crippen LogP contribution in [0, 0.1) is 19.8 Å². The van der Waals surface area contributed by atoms with Crippen molar-refractivity contribution in [1.29, 1.82) is 0 Å². The van der Waals surface area contributed by atoms with Gasteiger partial charge in [-0.05, 0) is 74.9 Å². The van der Waals surface area contributed by atoms with Crippen molar-refractivity contribution in [2.45, 2.75) is 50.6 Å². The molecular weight excluding hydrogens is 410 g/mol. The lowest BCUT2D eigenvalue weighted by Gasteiger charge is -2.32. The largest absolute Gasteiger partial charge is 0.354 e. The molecule has 8 heteroatoms. The molecule has 2 aromatic rings. The fourth-order valence-corrected chi connectivity index (χ4v) is 4.50. The number of piperidine rings is 1. The van der Waals surface area contributed by atoms with Gasteiger partial charge in [-0.15, -0.1) is 10.2 Å². The number of amides is 2. The Bertz CT molecular complexity index is 925. The lowest BCUT2D eigenvalue weighted by molar-refractivity contribution is -0.125. The molecule has 1 aromatic carbocycles. The normalized spacial score (nSPS) is 18.5. The molecule has 7 nitrogen and oxygen atoms in total. The molecule has 2 N–H and O–H groups in total. The molecule has 1 aliphatic heterocycles. The molecular formula is C23H29N5O2S. The first-order valence-corrected chi connectivity index (χ1v) is 11.8. The zero-order valence-corrected chi connectivity index (χ0v) is 18.9. The van der Waals surface area contributed by atoms with Crippen LogP contribution in [0.5, 0.6) is 0 Å². The minimum atomic E-state index is -0.0681. The molecule has 1 aromatic heterocycles. The number of thioether (sulfide) groups is 1. The summed E-state index contributed by atoms with van der Waals surface area (Å²) in [4.78, 5) is 26.8. The molecule has 0 unspecified atom stereocenters. The van der Waals surface area contributed by atoms with Crippen molar-refractivity contribution in [3.05, 3.63) is 41.5 Å². The molecule has 2 fully saturated rings. The first kappa shape index (κ1) is 21.6. The van der Waals surface area contributed by atoms with E-state index in [0.29, 0.717) is 17.6 Å². The molecule has 1 saturated heterocycles. The Hall–Kier alpha value is -2.61. The van der Waals surface area contributed by atoms with Gasteiger partial charge in [0.05, 0.1) is 11.7 Å². The zero-order valence-electron chi connectivity index (χ0n) is 18.1. The van der Waals surface area contributed by atoms with E-state index in [2.05, 4.69) is 31.8 Å². The standard InChI is InChI=1S/C23H29N5O2S/c1-15-10-16(2)12-19(11-15)24-21(29)14-31-22-8-7-20(26-27-22)28-9-3-4-17(13-28)23(30)25-18-5-6-18/h7-8,10-12,17-18H,3-6,9,13-14H2,1-2H3,(H,24,29)(H,25,30)/t17-/m1/s1. The average molecular weight is 440 g/mol. The van der Waals surface area contributed by atoms with Gasteiger partial charge in [0.1, 0.15) is 5.03 Å². The Kier molecular flexibility index (Phi) is 6.75. The summed E-state index contributed by atoms with van der Waals surface area (Å²) in [6.45, 7) is 5.59. The summed E-state index contributed by atoms with van der Waals surface area (Å²) in [6.07, 6.45) is 4.11. The quantitative estimate of drug-likeness (QED) is 0.644. The zero-order chi connectivity index (χ0) is 21.8. The highest BCUT2D eigenvalue weighted by Crippen LogP contribution is 2.25. The SMILES string of the molecule is Cc1cc(C)cc(NC(=O)CSc2ccc(N3CCC[C@@H](C(=O)NC4CC4)C3)nn2)c1. The van der Waals surface area contributed by atoms with Crippen molar-refractivity contribution in [2.75, 3.05) is 29.1 Å². The molecule has 164 valence electrons. The Morgan fingerprint density at radius 1 is 1.10 bits per heavy atom. The van der Waals surface area contributed by atoms with Gasteiger partial charge in [-0.25, -0.2) is 0 Å². The van der Waals surface area contributed by atoms with Crippen LogP contribution in [0.1, 0.15) is 36.8 Å². The van der Waals surface area contributed by atoms with E-state index >= 15 is 0 Å². The molecule has 2 heterocycles. The number of aryl methyl sites for hydroxylation is 2. The molecule has 1 atom stereocenters. The highest BCUT2D eigenvalue weighted by atomic mass is 32.2. The predicted octanol–water partition coefficient (Wildman–Crippen LogP) is 3.32. The van der Waals surface area contributed by atoms with E-state index in [1.807, 2.05) is 38.1 Å². The first-order chi connectivity index (χ1) is 15.0. The maximum Gasteiger partial charge on any atom is 0.234 e. The number of carbonyl (C=O) groups excluding carboxylic acids is 2. The fraction of sp³-hybridized carbons (Fsp3) is 0.478. The maximum atomic E-state index is 12.4. The molecule has 1 aliphatic carbocycles. The van der Waals surface area contributed by atoms with Crippen molar-refractivity contribution >= 4 is 35.1 Å². The average Bonchev–Trinajstić information content (AvgIpc) is 3.56. The van der Waals surface area contributed by atoms with Gasteiger partial charge in [-0.2, -0.15) is 0 Å². The number of hydrogen-bond acceptors (Lipinski definition) is 6. The first-order valence-electron chi connectivity index (χ1n) is 10.9. The summed E-state index contributed by atoms with van der Waals surface area (Å²) in [5.74, 6) is 1.17. The van der Waals surface area contributed by atoms with Gasteiger partial charge in [0.25, 0.3) is 0 Å². The van der Waals surface area contributed by atoms with E-state index in [1.54, 1.807) is 0 Å². The second kappa shape index (κ2) is 9.68. The molecule has 0 spiro atoms. The van der Waals surface area contributed by atoms with E-state index in [4.69, 9.17) is 0 Å². The van der Waals surface area contributed by atoms with Crippen LogP contribution in [0.2, 0.25) is 0 Å². The fourth-order valence-electron chi connectivity index (χ4n) is 3.89. The molecule has 0 radical (unpaired) electrons. The van der Waals surface area contributed by atoms with Crippen LogP contribution in [0.3, 0.4) is 0 Å². The van der Waals surface area contributed by atoms with Gasteiger partial charge >= 0.3 is 0 Å². The van der Waals surface area contributed by atoms with E-state index in [9.17, 15) is 9.59 Å². The van der Waals surface area contributed by atoms with Gasteiger partial charge in [-0.1, -0.05) is 17.8 Å². The summed E-state index contributed by atoms with van der Waals surface area (Å²) in [6, 6.07) is 10.2. The lowest BCUT2D eigenvalue weighted by atomic mass is 9.97. The second-order valence-electron chi connectivity index (χ2n) is 8.51. The van der Waals surface area contributed by atoms with Crippen LogP contribution in [-0.2, 0) is 9.59 Å². The number of nitrogens with one attached hydrogen (secondary N) is 2. The molecule has 1 saturated carbocycles. The van der Waals surface area contributed by atoms with Crippen molar-refractivity contribution in [1.82, 2.24) is 15.5 Å². The summed E-state index contributed by atoms with van der Waals surface area (Å²) in [7, 11) is 0. The minimum absolute atomic E-state index is 0.0131. The third-order valence-corrected chi connectivity index (χ3v) is 6.44. The van der Waals surface area contributed by atoms with Gasteiger partial charge in [0.15, 0.2) is 5.82 Å². The van der Waals surface area contributed by atoms with Crippen LogP contribution >= 0.6 is 11.8 Å². The summed E-state index contributed by atoms with van der Waals surface area (Å²) < 4.78 is 0. The maximum absolute atomic E-state index is 12.4. The van der Waals surface area contributed by atoms with Crippen LogP contribution < -0.4 is 15.5 Å². The van der Waals surface area contributed by atoms with Crippen LogP contribution in [-0.4, -0.2) is 46.9 Å². The van der Waals surface area contributed by atoms with Crippen molar-refractivity contribution < 1.29 is 9.59 Å². The highest BCUT2D eigenvalue weighted by molar-refractivity contribution is 7.99. The predicted molar refractivity (Wildman–Crippen MR) is 123 cm³/mol. The summed E-state index contributed by atoms with van der Waals surface area (Å²) >= 11 is 1.36. The number of benzene rings is 1. The highest BCUT2D eigenvalue weighted by Gasteiger charge is 2.30. The van der Waals surface area contributed by atoms with Crippen LogP contribution in [0.25, 0.3) is 0 Å². The third-order valence-electron chi connectivity index (χ3n) is 5.52. The van der Waals surface area contributed by atoms with Gasteiger partial charge in [0, 0.05) is 24.8 Å². The Morgan fingerprint density at radius 2 is 1.87 bits per heavy atom. The minimum Gasteiger partial charge on any atom is -0.354 e. The Morgan fingerprint density at radius 3 is 2.55 bits per heavy atom. The van der Waals surface area contributed by atoms with Crippen molar-refractivity contribution in [2.24, 2.45) is 5.92 Å². The summed E-state index contributed by atoms with van der Waals surface area (Å²) in [5, 5.41) is 15.4. The smallest absolute Gasteiger partial charge is 0.234 e. The van der Waals surface area contributed by atoms with E-state index in [-0.39, 0.29) is 23.5 Å².